The van der Waals surface area contributed by atoms with Gasteiger partial charge in [0.05, 0.1) is 6.61 Å². The first-order valence-corrected chi connectivity index (χ1v) is 7.57. The van der Waals surface area contributed by atoms with Crippen LogP contribution in [0.1, 0.15) is 5.56 Å². The van der Waals surface area contributed by atoms with Crippen molar-refractivity contribution in [2.45, 2.75) is 30.6 Å². The molecule has 3 rings (SSSR count). The fraction of sp³-hybridized carbons (Fsp3) is 0.353. The number of ether oxygens (including phenoxy) is 1. The van der Waals surface area contributed by atoms with Gasteiger partial charge in [-0.3, -0.25) is 4.99 Å². The van der Waals surface area contributed by atoms with Gasteiger partial charge in [0.2, 0.25) is 0 Å². The number of nitrogens with zero attached hydrogens (tertiary/aromatic N) is 1. The highest BCUT2D eigenvalue weighted by Gasteiger charge is 2.43. The van der Waals surface area contributed by atoms with E-state index < -0.39 is 37.3 Å². The third-order valence-electron chi connectivity index (χ3n) is 4.17. The van der Waals surface area contributed by atoms with Gasteiger partial charge in [0.25, 0.3) is 0 Å². The summed E-state index contributed by atoms with van der Waals surface area (Å²) in [6.07, 6.45) is -5.20. The Morgan fingerprint density at radius 3 is 2.50 bits per heavy atom. The maximum atomic E-state index is 10.1. The van der Waals surface area contributed by atoms with Crippen molar-refractivity contribution in [2.75, 3.05) is 6.61 Å². The van der Waals surface area contributed by atoms with Crippen LogP contribution in [-0.2, 0) is 4.74 Å². The molecule has 0 unspecified atom stereocenters. The molecule has 7 nitrogen and oxygen atoms in total. The molecule has 2 aromatic carbocycles. The lowest BCUT2D eigenvalue weighted by molar-refractivity contribution is -0.226. The number of phenolic OH excluding ortho intramolecular Hbond substituents is 1. The van der Waals surface area contributed by atoms with Crippen molar-refractivity contribution in [3.63, 3.8) is 0 Å². The predicted octanol–water partition coefficient (Wildman–Crippen LogP) is -0.236. The molecule has 0 aliphatic carbocycles. The van der Waals surface area contributed by atoms with Crippen molar-refractivity contribution in [1.29, 1.82) is 0 Å². The summed E-state index contributed by atoms with van der Waals surface area (Å²) < 4.78 is 5.31. The van der Waals surface area contributed by atoms with Crippen LogP contribution in [0.5, 0.6) is 5.75 Å². The fourth-order valence-corrected chi connectivity index (χ4v) is 2.77. The molecule has 0 amide bonds. The van der Waals surface area contributed by atoms with Gasteiger partial charge in [0, 0.05) is 11.8 Å². The van der Waals surface area contributed by atoms with Crippen LogP contribution in [-0.4, -0.2) is 69.0 Å². The topological polar surface area (TPSA) is 123 Å². The van der Waals surface area contributed by atoms with Crippen molar-refractivity contribution >= 4 is 17.0 Å². The lowest BCUT2D eigenvalue weighted by Crippen LogP contribution is -2.57. The van der Waals surface area contributed by atoms with Gasteiger partial charge in [-0.1, -0.05) is 30.3 Å². The second-order valence-corrected chi connectivity index (χ2v) is 5.72. The van der Waals surface area contributed by atoms with Gasteiger partial charge in [-0.2, -0.15) is 0 Å². The molecular weight excluding hydrogens is 314 g/mol. The molecule has 0 radical (unpaired) electrons. The van der Waals surface area contributed by atoms with Crippen molar-refractivity contribution in [3.05, 3.63) is 42.0 Å². The minimum Gasteiger partial charge on any atom is -0.507 e. The lowest BCUT2D eigenvalue weighted by Gasteiger charge is -2.38. The number of aliphatic hydroxyl groups excluding tert-OH is 4. The molecule has 24 heavy (non-hydrogen) atoms. The Balaban J connectivity index is 1.92. The number of aromatic hydroxyl groups is 1. The van der Waals surface area contributed by atoms with E-state index in [-0.39, 0.29) is 5.75 Å². The van der Waals surface area contributed by atoms with Crippen LogP contribution in [0.15, 0.2) is 41.4 Å². The summed E-state index contributed by atoms with van der Waals surface area (Å²) in [5.74, 6) is 0.0158. The molecule has 0 bridgehead atoms. The number of hydrogen-bond acceptors (Lipinski definition) is 7. The van der Waals surface area contributed by atoms with Gasteiger partial charge in [0.1, 0.15) is 30.2 Å². The first-order chi connectivity index (χ1) is 11.5. The zero-order valence-corrected chi connectivity index (χ0v) is 12.7. The number of aliphatic hydroxyl groups is 4. The number of aliphatic imine (C=N–C) groups is 1. The summed E-state index contributed by atoms with van der Waals surface area (Å²) in [5, 5.41) is 50.5. The maximum absolute atomic E-state index is 10.1. The summed E-state index contributed by atoms with van der Waals surface area (Å²) in [4.78, 5) is 4.09. The third kappa shape index (κ3) is 3.00. The Morgan fingerprint density at radius 1 is 1.00 bits per heavy atom. The molecule has 0 saturated carbocycles. The second kappa shape index (κ2) is 6.84. The summed E-state index contributed by atoms with van der Waals surface area (Å²) in [7, 11) is 0. The van der Waals surface area contributed by atoms with Crippen LogP contribution in [0.4, 0.5) is 0 Å². The van der Waals surface area contributed by atoms with Crippen LogP contribution in [0, 0.1) is 0 Å². The molecule has 1 aliphatic rings. The van der Waals surface area contributed by atoms with E-state index in [0.717, 1.165) is 10.8 Å². The Bertz CT molecular complexity index is 747. The molecule has 0 spiro atoms. The lowest BCUT2D eigenvalue weighted by atomic mass is 9.98. The van der Waals surface area contributed by atoms with Crippen LogP contribution in [0.3, 0.4) is 0 Å². The Hall–Kier alpha value is -2.03. The van der Waals surface area contributed by atoms with E-state index in [9.17, 15) is 25.5 Å². The van der Waals surface area contributed by atoms with Crippen molar-refractivity contribution in [2.24, 2.45) is 4.99 Å². The largest absolute Gasteiger partial charge is 0.507 e. The highest BCUT2D eigenvalue weighted by Crippen LogP contribution is 2.27. The van der Waals surface area contributed by atoms with E-state index in [4.69, 9.17) is 4.74 Å². The minimum absolute atomic E-state index is 0.0158. The molecule has 1 fully saturated rings. The van der Waals surface area contributed by atoms with Gasteiger partial charge in [0.15, 0.2) is 6.23 Å². The fourth-order valence-electron chi connectivity index (χ4n) is 2.77. The molecular formula is C17H19NO6. The first-order valence-electron chi connectivity index (χ1n) is 7.57. The monoisotopic (exact) mass is 333 g/mol. The number of benzene rings is 2. The maximum Gasteiger partial charge on any atom is 0.177 e. The number of hydrogen-bond donors (Lipinski definition) is 5. The highest BCUT2D eigenvalue weighted by molar-refractivity contribution is 6.02. The van der Waals surface area contributed by atoms with Crippen LogP contribution >= 0.6 is 0 Å². The summed E-state index contributed by atoms with van der Waals surface area (Å²) in [6, 6.07) is 10.7. The molecule has 128 valence electrons. The van der Waals surface area contributed by atoms with Gasteiger partial charge in [-0.15, -0.1) is 0 Å². The average Bonchev–Trinajstić information content (AvgIpc) is 2.60. The standard InChI is InChI=1S/C17H19NO6/c19-8-13-14(21)15(22)16(23)17(24-13)18-7-11-10-4-2-1-3-9(10)5-6-12(11)20/h1-7,13-17,19-23H,8H2/b18-7+/t13-,14+,15+,16-,17-/m1/s1. The van der Waals surface area contributed by atoms with Gasteiger partial charge >= 0.3 is 0 Å². The number of phenols is 1. The SMILES string of the molecule is OC[C@H]1O[C@@H](/N=C/c2c(O)ccc3ccccc23)[C@H](O)[C@@H](O)[C@H]1O. The van der Waals surface area contributed by atoms with Crippen molar-refractivity contribution in [3.8, 4) is 5.75 Å². The molecule has 2 aromatic rings. The summed E-state index contributed by atoms with van der Waals surface area (Å²) in [5.41, 5.74) is 0.449. The molecule has 5 atom stereocenters. The van der Waals surface area contributed by atoms with Crippen LogP contribution < -0.4 is 0 Å². The normalized spacial score (nSPS) is 30.9. The van der Waals surface area contributed by atoms with Crippen LogP contribution in [0.25, 0.3) is 10.8 Å². The second-order valence-electron chi connectivity index (χ2n) is 5.72. The van der Waals surface area contributed by atoms with E-state index in [0.29, 0.717) is 5.56 Å². The van der Waals surface area contributed by atoms with Gasteiger partial charge in [-0.05, 0) is 16.8 Å². The predicted molar refractivity (Wildman–Crippen MR) is 87.0 cm³/mol. The smallest absolute Gasteiger partial charge is 0.177 e. The Labute approximate surface area is 138 Å². The molecule has 5 N–H and O–H groups in total. The number of rotatable bonds is 3. The van der Waals surface area contributed by atoms with Crippen LogP contribution in [0.2, 0.25) is 0 Å². The Morgan fingerprint density at radius 2 is 1.75 bits per heavy atom. The van der Waals surface area contributed by atoms with Gasteiger partial charge < -0.3 is 30.3 Å². The summed E-state index contributed by atoms with van der Waals surface area (Å²) >= 11 is 0. The molecule has 1 aliphatic heterocycles. The Kier molecular flexibility index (Phi) is 4.79. The van der Waals surface area contributed by atoms with E-state index in [1.54, 1.807) is 6.07 Å². The highest BCUT2D eigenvalue weighted by atomic mass is 16.6. The average molecular weight is 333 g/mol. The first kappa shape index (κ1) is 16.8. The molecule has 7 heteroatoms. The van der Waals surface area contributed by atoms with Gasteiger partial charge in [-0.25, -0.2) is 0 Å². The quantitative estimate of drug-likeness (QED) is 0.494. The van der Waals surface area contributed by atoms with E-state index in [1.807, 2.05) is 24.3 Å². The number of fused-ring (bicyclic) bond motifs is 1. The van der Waals surface area contributed by atoms with Crippen molar-refractivity contribution < 1.29 is 30.3 Å². The molecule has 1 saturated heterocycles. The van der Waals surface area contributed by atoms with Crippen molar-refractivity contribution in [1.82, 2.24) is 0 Å². The zero-order valence-electron chi connectivity index (χ0n) is 12.7. The third-order valence-corrected chi connectivity index (χ3v) is 4.17. The molecule has 0 aromatic heterocycles. The van der Waals surface area contributed by atoms with E-state index in [2.05, 4.69) is 4.99 Å². The minimum atomic E-state index is -1.49. The van der Waals surface area contributed by atoms with E-state index in [1.165, 1.54) is 12.3 Å². The summed E-state index contributed by atoms with van der Waals surface area (Å²) in [6.45, 7) is -0.517. The molecule has 1 heterocycles. The zero-order chi connectivity index (χ0) is 17.3. The van der Waals surface area contributed by atoms with E-state index >= 15 is 0 Å².